The molecule has 5 heteroatoms. The quantitative estimate of drug-likeness (QED) is 0.821. The molecule has 2 rings (SSSR count). The molecule has 4 N–H and O–H groups in total. The predicted octanol–water partition coefficient (Wildman–Crippen LogP) is 1.49. The number of aromatic nitrogens is 2. The Balaban J connectivity index is 2.05. The van der Waals surface area contributed by atoms with Gasteiger partial charge >= 0.3 is 0 Å². The van der Waals surface area contributed by atoms with Crippen molar-refractivity contribution >= 4 is 23.1 Å². The van der Waals surface area contributed by atoms with E-state index in [1.54, 1.807) is 17.5 Å². The van der Waals surface area contributed by atoms with Crippen LogP contribution < -0.4 is 11.5 Å². The van der Waals surface area contributed by atoms with E-state index >= 15 is 0 Å². The van der Waals surface area contributed by atoms with Crippen molar-refractivity contribution in [2.45, 2.75) is 12.8 Å². The van der Waals surface area contributed by atoms with Gasteiger partial charge in [0.15, 0.2) is 0 Å². The highest BCUT2D eigenvalue weighted by Crippen LogP contribution is 2.15. The zero-order chi connectivity index (χ0) is 10.7. The van der Waals surface area contributed by atoms with Crippen molar-refractivity contribution in [3.8, 4) is 0 Å². The third-order valence-corrected chi connectivity index (χ3v) is 3.07. The van der Waals surface area contributed by atoms with E-state index in [9.17, 15) is 0 Å². The number of hydrogen-bond donors (Lipinski definition) is 2. The average Bonchev–Trinajstić information content (AvgIpc) is 2.69. The van der Waals surface area contributed by atoms with Gasteiger partial charge in [0, 0.05) is 16.6 Å². The molecular formula is C10H12N4S. The lowest BCUT2D eigenvalue weighted by Crippen LogP contribution is -2.04. The number of hydrogen-bond acceptors (Lipinski definition) is 5. The Bertz CT molecular complexity index is 439. The summed E-state index contributed by atoms with van der Waals surface area (Å²) in [6.07, 6.45) is 3.52. The van der Waals surface area contributed by atoms with E-state index in [0.29, 0.717) is 5.82 Å². The maximum absolute atomic E-state index is 5.73. The van der Waals surface area contributed by atoms with E-state index in [-0.39, 0.29) is 5.95 Å². The fourth-order valence-electron chi connectivity index (χ4n) is 1.34. The molecule has 0 radical (unpaired) electrons. The van der Waals surface area contributed by atoms with E-state index in [4.69, 9.17) is 11.5 Å². The molecule has 0 spiro atoms. The Kier molecular flexibility index (Phi) is 2.82. The van der Waals surface area contributed by atoms with Crippen LogP contribution in [0, 0.1) is 0 Å². The predicted molar refractivity (Wildman–Crippen MR) is 62.6 cm³/mol. The minimum atomic E-state index is 0.229. The van der Waals surface area contributed by atoms with Gasteiger partial charge in [-0.1, -0.05) is 6.07 Å². The lowest BCUT2D eigenvalue weighted by molar-refractivity contribution is 0.957. The molecule has 15 heavy (non-hydrogen) atoms. The summed E-state index contributed by atoms with van der Waals surface area (Å²) in [4.78, 5) is 9.19. The molecule has 2 heterocycles. The second-order valence-corrected chi connectivity index (χ2v) is 4.25. The molecular weight excluding hydrogens is 208 g/mol. The van der Waals surface area contributed by atoms with Crippen LogP contribution in [0.5, 0.6) is 0 Å². The van der Waals surface area contributed by atoms with Gasteiger partial charge in [0.1, 0.15) is 5.82 Å². The fourth-order valence-corrected chi connectivity index (χ4v) is 2.05. The van der Waals surface area contributed by atoms with Crippen LogP contribution >= 0.6 is 11.3 Å². The van der Waals surface area contributed by atoms with Crippen LogP contribution in [0.2, 0.25) is 0 Å². The summed E-state index contributed by atoms with van der Waals surface area (Å²) in [6, 6.07) is 4.15. The zero-order valence-corrected chi connectivity index (χ0v) is 9.00. The Labute approximate surface area is 92.0 Å². The van der Waals surface area contributed by atoms with Crippen LogP contribution in [0.1, 0.15) is 10.4 Å². The van der Waals surface area contributed by atoms with Gasteiger partial charge in [-0.05, 0) is 24.3 Å². The highest BCUT2D eigenvalue weighted by atomic mass is 32.1. The maximum atomic E-state index is 5.73. The SMILES string of the molecule is Nc1ncc(CCc2cccs2)c(N)n1. The van der Waals surface area contributed by atoms with Crippen molar-refractivity contribution in [3.05, 3.63) is 34.2 Å². The van der Waals surface area contributed by atoms with Gasteiger partial charge in [-0.2, -0.15) is 4.98 Å². The van der Waals surface area contributed by atoms with E-state index in [1.807, 2.05) is 6.07 Å². The Morgan fingerprint density at radius 1 is 1.27 bits per heavy atom. The topological polar surface area (TPSA) is 77.8 Å². The normalized spacial score (nSPS) is 10.4. The van der Waals surface area contributed by atoms with Crippen molar-refractivity contribution in [2.24, 2.45) is 0 Å². The molecule has 0 aliphatic carbocycles. The second-order valence-electron chi connectivity index (χ2n) is 3.22. The molecule has 0 aliphatic heterocycles. The molecule has 0 fully saturated rings. The molecule has 2 aromatic heterocycles. The van der Waals surface area contributed by atoms with E-state index in [1.165, 1.54) is 4.88 Å². The van der Waals surface area contributed by atoms with Crippen LogP contribution in [-0.4, -0.2) is 9.97 Å². The molecule has 0 atom stereocenters. The summed E-state index contributed by atoms with van der Waals surface area (Å²) in [5.74, 6) is 0.714. The molecule has 0 amide bonds. The molecule has 4 nitrogen and oxygen atoms in total. The smallest absolute Gasteiger partial charge is 0.221 e. The van der Waals surface area contributed by atoms with Gasteiger partial charge in [-0.25, -0.2) is 4.98 Å². The lowest BCUT2D eigenvalue weighted by Gasteiger charge is -2.03. The maximum Gasteiger partial charge on any atom is 0.221 e. The second kappa shape index (κ2) is 4.27. The Morgan fingerprint density at radius 2 is 2.13 bits per heavy atom. The van der Waals surface area contributed by atoms with Gasteiger partial charge in [-0.15, -0.1) is 11.3 Å². The molecule has 0 saturated carbocycles. The number of aryl methyl sites for hydroxylation is 2. The molecule has 0 aromatic carbocycles. The largest absolute Gasteiger partial charge is 0.383 e. The van der Waals surface area contributed by atoms with Gasteiger partial charge in [0.2, 0.25) is 5.95 Å². The fraction of sp³-hybridized carbons (Fsp3) is 0.200. The van der Waals surface area contributed by atoms with E-state index in [0.717, 1.165) is 18.4 Å². The van der Waals surface area contributed by atoms with Crippen molar-refractivity contribution in [1.29, 1.82) is 0 Å². The first-order valence-electron chi connectivity index (χ1n) is 4.65. The van der Waals surface area contributed by atoms with Crippen molar-refractivity contribution < 1.29 is 0 Å². The zero-order valence-electron chi connectivity index (χ0n) is 8.18. The van der Waals surface area contributed by atoms with Crippen LogP contribution in [0.15, 0.2) is 23.7 Å². The third kappa shape index (κ3) is 2.44. The van der Waals surface area contributed by atoms with Gasteiger partial charge in [0.05, 0.1) is 0 Å². The van der Waals surface area contributed by atoms with Gasteiger partial charge in [0.25, 0.3) is 0 Å². The Hall–Kier alpha value is -1.62. The number of nitrogens with two attached hydrogens (primary N) is 2. The summed E-state index contributed by atoms with van der Waals surface area (Å²) in [5.41, 5.74) is 12.1. The standard InChI is InChI=1S/C10H12N4S/c11-9-7(6-13-10(12)14-9)3-4-8-2-1-5-15-8/h1-2,5-6H,3-4H2,(H4,11,12,13,14). The lowest BCUT2D eigenvalue weighted by atomic mass is 10.1. The number of nitrogen functional groups attached to an aromatic ring is 2. The van der Waals surface area contributed by atoms with Crippen molar-refractivity contribution in [1.82, 2.24) is 9.97 Å². The molecule has 0 saturated heterocycles. The highest BCUT2D eigenvalue weighted by Gasteiger charge is 2.03. The number of anilines is 2. The number of rotatable bonds is 3. The Morgan fingerprint density at radius 3 is 2.80 bits per heavy atom. The molecule has 78 valence electrons. The summed E-state index contributed by atoms with van der Waals surface area (Å²) in [5, 5.41) is 2.07. The van der Waals surface area contributed by atoms with E-state index < -0.39 is 0 Å². The number of nitrogens with zero attached hydrogens (tertiary/aromatic N) is 2. The summed E-state index contributed by atoms with van der Waals surface area (Å²) < 4.78 is 0. The first-order valence-corrected chi connectivity index (χ1v) is 5.53. The van der Waals surface area contributed by atoms with E-state index in [2.05, 4.69) is 21.4 Å². The average molecular weight is 220 g/mol. The van der Waals surface area contributed by atoms with Crippen LogP contribution in [-0.2, 0) is 12.8 Å². The first-order chi connectivity index (χ1) is 7.25. The van der Waals surface area contributed by atoms with Crippen LogP contribution in [0.3, 0.4) is 0 Å². The van der Waals surface area contributed by atoms with Gasteiger partial charge in [-0.3, -0.25) is 0 Å². The monoisotopic (exact) mass is 220 g/mol. The number of thiophene rings is 1. The minimum absolute atomic E-state index is 0.229. The first kappa shape index (κ1) is 9.92. The molecule has 0 aliphatic rings. The van der Waals surface area contributed by atoms with Crippen LogP contribution in [0.4, 0.5) is 11.8 Å². The van der Waals surface area contributed by atoms with Crippen molar-refractivity contribution in [3.63, 3.8) is 0 Å². The summed E-state index contributed by atoms with van der Waals surface area (Å²) in [6.45, 7) is 0. The van der Waals surface area contributed by atoms with Gasteiger partial charge < -0.3 is 11.5 Å². The summed E-state index contributed by atoms with van der Waals surface area (Å²) in [7, 11) is 0. The third-order valence-electron chi connectivity index (χ3n) is 2.14. The highest BCUT2D eigenvalue weighted by molar-refractivity contribution is 7.09. The molecule has 0 bridgehead atoms. The minimum Gasteiger partial charge on any atom is -0.383 e. The molecule has 0 unspecified atom stereocenters. The molecule has 2 aromatic rings. The summed E-state index contributed by atoms with van der Waals surface area (Å²) >= 11 is 1.74. The van der Waals surface area contributed by atoms with Crippen molar-refractivity contribution in [2.75, 3.05) is 11.5 Å². The van der Waals surface area contributed by atoms with Crippen LogP contribution in [0.25, 0.3) is 0 Å².